The number of carbonyl (C=O) groups is 1. The smallest absolute Gasteiger partial charge is 0.263 e. The summed E-state index contributed by atoms with van der Waals surface area (Å²) >= 11 is 3.04. The van der Waals surface area contributed by atoms with Gasteiger partial charge in [0.2, 0.25) is 5.91 Å². The van der Waals surface area contributed by atoms with Crippen molar-refractivity contribution in [2.24, 2.45) is 0 Å². The summed E-state index contributed by atoms with van der Waals surface area (Å²) in [7, 11) is 0. The van der Waals surface area contributed by atoms with Gasteiger partial charge in [0.1, 0.15) is 11.4 Å². The molecule has 1 amide bonds. The van der Waals surface area contributed by atoms with Crippen LogP contribution in [0.4, 0.5) is 0 Å². The molecular weight excluding hydrogens is 370 g/mol. The standard InChI is InChI=1S/C18H19N3O3S2/c1-11-8-24-12(2)6-21(11)15(22)7-20-10-19-17-16(18(20)23)13(9-26-17)14-4-3-5-25-14/h3-5,9-12H,6-8H2,1-2H3. The molecule has 0 aromatic carbocycles. The first-order chi connectivity index (χ1) is 12.5. The summed E-state index contributed by atoms with van der Waals surface area (Å²) in [4.78, 5) is 33.7. The van der Waals surface area contributed by atoms with Crippen LogP contribution in [0.1, 0.15) is 13.8 Å². The SMILES string of the molecule is CC1CN(C(=O)Cn2cnc3scc(-c4cccs4)c3c2=O)C(C)CO1. The zero-order valence-electron chi connectivity index (χ0n) is 14.5. The van der Waals surface area contributed by atoms with Crippen LogP contribution in [0.2, 0.25) is 0 Å². The van der Waals surface area contributed by atoms with E-state index in [1.807, 2.05) is 36.7 Å². The zero-order chi connectivity index (χ0) is 18.3. The van der Waals surface area contributed by atoms with Crippen molar-refractivity contribution >= 4 is 38.8 Å². The minimum Gasteiger partial charge on any atom is -0.375 e. The van der Waals surface area contributed by atoms with Crippen molar-refractivity contribution in [3.8, 4) is 10.4 Å². The molecule has 1 saturated heterocycles. The maximum Gasteiger partial charge on any atom is 0.263 e. The lowest BCUT2D eigenvalue weighted by Crippen LogP contribution is -2.51. The lowest BCUT2D eigenvalue weighted by atomic mass is 10.2. The summed E-state index contributed by atoms with van der Waals surface area (Å²) < 4.78 is 6.99. The largest absolute Gasteiger partial charge is 0.375 e. The molecule has 6 nitrogen and oxygen atoms in total. The number of carbonyl (C=O) groups excluding carboxylic acids is 1. The molecule has 2 unspecified atom stereocenters. The van der Waals surface area contributed by atoms with E-state index in [1.54, 1.807) is 16.2 Å². The van der Waals surface area contributed by atoms with E-state index in [0.717, 1.165) is 10.4 Å². The molecule has 1 fully saturated rings. The van der Waals surface area contributed by atoms with E-state index in [0.29, 0.717) is 23.4 Å². The van der Waals surface area contributed by atoms with Crippen molar-refractivity contribution in [1.29, 1.82) is 0 Å². The molecule has 0 saturated carbocycles. The Labute approximate surface area is 158 Å². The lowest BCUT2D eigenvalue weighted by Gasteiger charge is -2.36. The predicted octanol–water partition coefficient (Wildman–Crippen LogP) is 2.82. The molecule has 0 spiro atoms. The summed E-state index contributed by atoms with van der Waals surface area (Å²) in [6.07, 6.45) is 1.49. The molecule has 0 radical (unpaired) electrons. The normalized spacial score (nSPS) is 20.6. The van der Waals surface area contributed by atoms with Crippen LogP contribution >= 0.6 is 22.7 Å². The van der Waals surface area contributed by atoms with Crippen LogP contribution in [0.15, 0.2) is 34.0 Å². The minimum absolute atomic E-state index is 0.00143. The van der Waals surface area contributed by atoms with Crippen molar-refractivity contribution in [3.63, 3.8) is 0 Å². The average Bonchev–Trinajstić information content (AvgIpc) is 3.28. The highest BCUT2D eigenvalue weighted by molar-refractivity contribution is 7.18. The average molecular weight is 390 g/mol. The van der Waals surface area contributed by atoms with Gasteiger partial charge >= 0.3 is 0 Å². The Morgan fingerprint density at radius 1 is 1.38 bits per heavy atom. The van der Waals surface area contributed by atoms with Crippen LogP contribution in [0.25, 0.3) is 20.7 Å². The quantitative estimate of drug-likeness (QED) is 0.691. The van der Waals surface area contributed by atoms with Crippen molar-refractivity contribution in [3.05, 3.63) is 39.6 Å². The number of fused-ring (bicyclic) bond motifs is 1. The summed E-state index contributed by atoms with van der Waals surface area (Å²) in [6, 6.07) is 3.96. The number of nitrogens with zero attached hydrogens (tertiary/aromatic N) is 3. The zero-order valence-corrected chi connectivity index (χ0v) is 16.2. The van der Waals surface area contributed by atoms with Crippen molar-refractivity contribution in [2.45, 2.75) is 32.5 Å². The van der Waals surface area contributed by atoms with Gasteiger partial charge in [-0.25, -0.2) is 4.98 Å². The van der Waals surface area contributed by atoms with Gasteiger partial charge in [-0.15, -0.1) is 22.7 Å². The second kappa shape index (κ2) is 6.94. The fourth-order valence-electron chi connectivity index (χ4n) is 3.18. The van der Waals surface area contributed by atoms with Gasteiger partial charge in [0.15, 0.2) is 0 Å². The Bertz CT molecular complexity index is 993. The van der Waals surface area contributed by atoms with E-state index in [1.165, 1.54) is 22.2 Å². The highest BCUT2D eigenvalue weighted by atomic mass is 32.1. The van der Waals surface area contributed by atoms with Crippen molar-refractivity contribution in [1.82, 2.24) is 14.5 Å². The summed E-state index contributed by atoms with van der Waals surface area (Å²) in [5.74, 6) is -0.0798. The maximum atomic E-state index is 13.0. The number of ether oxygens (including phenoxy) is 1. The van der Waals surface area contributed by atoms with Gasteiger partial charge in [-0.2, -0.15) is 0 Å². The first-order valence-corrected chi connectivity index (χ1v) is 10.2. The fraction of sp³-hybridized carbons (Fsp3) is 0.389. The number of hydrogen-bond acceptors (Lipinski definition) is 6. The second-order valence-corrected chi connectivity index (χ2v) is 8.33. The van der Waals surface area contributed by atoms with E-state index >= 15 is 0 Å². The van der Waals surface area contributed by atoms with Crippen LogP contribution in [-0.4, -0.2) is 45.7 Å². The third-order valence-electron chi connectivity index (χ3n) is 4.58. The Morgan fingerprint density at radius 3 is 3.00 bits per heavy atom. The van der Waals surface area contributed by atoms with E-state index in [9.17, 15) is 9.59 Å². The lowest BCUT2D eigenvalue weighted by molar-refractivity contribution is -0.143. The third-order valence-corrected chi connectivity index (χ3v) is 6.37. The van der Waals surface area contributed by atoms with Crippen LogP contribution in [0.5, 0.6) is 0 Å². The highest BCUT2D eigenvalue weighted by Gasteiger charge is 2.28. The maximum absolute atomic E-state index is 13.0. The molecule has 0 N–H and O–H groups in total. The van der Waals surface area contributed by atoms with E-state index in [4.69, 9.17) is 4.74 Å². The number of hydrogen-bond donors (Lipinski definition) is 0. The third kappa shape index (κ3) is 3.08. The second-order valence-electron chi connectivity index (χ2n) is 6.52. The van der Waals surface area contributed by atoms with E-state index in [2.05, 4.69) is 4.98 Å². The molecule has 1 aliphatic heterocycles. The van der Waals surface area contributed by atoms with Gasteiger partial charge in [-0.3, -0.25) is 14.2 Å². The van der Waals surface area contributed by atoms with Gasteiger partial charge in [0.05, 0.1) is 30.5 Å². The first kappa shape index (κ1) is 17.4. The molecule has 3 aromatic rings. The number of thiophene rings is 2. The van der Waals surface area contributed by atoms with Crippen LogP contribution < -0.4 is 5.56 Å². The number of amides is 1. The minimum atomic E-state index is -0.165. The molecule has 2 atom stereocenters. The van der Waals surface area contributed by atoms with Crippen LogP contribution in [0, 0.1) is 0 Å². The molecule has 4 heterocycles. The Balaban J connectivity index is 1.67. The first-order valence-electron chi connectivity index (χ1n) is 8.46. The molecule has 4 rings (SSSR count). The van der Waals surface area contributed by atoms with Gasteiger partial charge in [0.25, 0.3) is 5.56 Å². The Morgan fingerprint density at radius 2 is 2.23 bits per heavy atom. The number of morpholine rings is 1. The summed E-state index contributed by atoms with van der Waals surface area (Å²) in [5, 5.41) is 4.54. The van der Waals surface area contributed by atoms with Gasteiger partial charge in [-0.1, -0.05) is 6.07 Å². The van der Waals surface area contributed by atoms with Crippen molar-refractivity contribution < 1.29 is 9.53 Å². The van der Waals surface area contributed by atoms with Gasteiger partial charge in [0, 0.05) is 22.4 Å². The molecule has 8 heteroatoms. The Hall–Kier alpha value is -2.03. The molecule has 3 aromatic heterocycles. The fourth-order valence-corrected chi connectivity index (χ4v) is 4.90. The summed E-state index contributed by atoms with van der Waals surface area (Å²) in [6.45, 7) is 4.97. The molecule has 136 valence electrons. The topological polar surface area (TPSA) is 64.4 Å². The monoisotopic (exact) mass is 389 g/mol. The molecule has 1 aliphatic rings. The van der Waals surface area contributed by atoms with E-state index < -0.39 is 0 Å². The molecule has 0 bridgehead atoms. The van der Waals surface area contributed by atoms with Crippen LogP contribution in [0.3, 0.4) is 0 Å². The molecule has 26 heavy (non-hydrogen) atoms. The molecular formula is C18H19N3O3S2. The van der Waals surface area contributed by atoms with Gasteiger partial charge < -0.3 is 9.64 Å². The van der Waals surface area contributed by atoms with Crippen molar-refractivity contribution in [2.75, 3.05) is 13.2 Å². The van der Waals surface area contributed by atoms with E-state index in [-0.39, 0.29) is 30.2 Å². The Kier molecular flexibility index (Phi) is 4.64. The highest BCUT2D eigenvalue weighted by Crippen LogP contribution is 2.33. The van der Waals surface area contributed by atoms with Gasteiger partial charge in [-0.05, 0) is 25.3 Å². The predicted molar refractivity (Wildman–Crippen MR) is 104 cm³/mol. The number of aromatic nitrogens is 2. The van der Waals surface area contributed by atoms with Crippen LogP contribution in [-0.2, 0) is 16.1 Å². The summed E-state index contributed by atoms with van der Waals surface area (Å²) in [5.41, 5.74) is 0.731. The molecule has 0 aliphatic carbocycles. The number of rotatable bonds is 3.